The smallest absolute Gasteiger partial charge is 0.269 e. The maximum Gasteiger partial charge on any atom is 0.269 e. The molecule has 0 aromatic heterocycles. The van der Waals surface area contributed by atoms with Gasteiger partial charge in [0.2, 0.25) is 0 Å². The minimum Gasteiger partial charge on any atom is -0.366 e. The first kappa shape index (κ1) is 20.7. The lowest BCUT2D eigenvalue weighted by Crippen LogP contribution is -2.23. The van der Waals surface area contributed by atoms with Crippen molar-refractivity contribution in [3.8, 4) is 6.07 Å². The lowest BCUT2D eigenvalue weighted by atomic mass is 10.1. The highest BCUT2D eigenvalue weighted by atomic mass is 16.6. The average molecular weight is 399 g/mol. The van der Waals surface area contributed by atoms with E-state index in [-0.39, 0.29) is 5.69 Å². The van der Waals surface area contributed by atoms with Gasteiger partial charge in [-0.15, -0.1) is 0 Å². The molecule has 3 aromatic carbocycles. The van der Waals surface area contributed by atoms with Crippen molar-refractivity contribution in [3.05, 3.63) is 94.0 Å². The van der Waals surface area contributed by atoms with Gasteiger partial charge >= 0.3 is 0 Å². The first-order valence-electron chi connectivity index (χ1n) is 9.49. The molecule has 0 heterocycles. The topological polar surface area (TPSA) is 94.9 Å². The van der Waals surface area contributed by atoms with Crippen molar-refractivity contribution in [2.45, 2.75) is 19.9 Å². The molecule has 0 fully saturated rings. The van der Waals surface area contributed by atoms with E-state index in [0.717, 1.165) is 16.9 Å². The van der Waals surface area contributed by atoms with Crippen molar-refractivity contribution in [3.63, 3.8) is 0 Å². The third-order valence-corrected chi connectivity index (χ3v) is 4.59. The van der Waals surface area contributed by atoms with Crippen LogP contribution in [0.4, 0.5) is 22.7 Å². The van der Waals surface area contributed by atoms with Crippen molar-refractivity contribution in [1.82, 2.24) is 0 Å². The van der Waals surface area contributed by atoms with Crippen LogP contribution in [0.15, 0.2) is 83.0 Å². The zero-order chi connectivity index (χ0) is 21.3. The van der Waals surface area contributed by atoms with Crippen molar-refractivity contribution in [2.24, 2.45) is 10.2 Å². The fourth-order valence-electron chi connectivity index (χ4n) is 2.99. The molecule has 0 bridgehead atoms. The van der Waals surface area contributed by atoms with E-state index in [4.69, 9.17) is 5.26 Å². The van der Waals surface area contributed by atoms with Crippen molar-refractivity contribution >= 4 is 22.7 Å². The molecule has 0 aliphatic rings. The number of nitriles is 1. The van der Waals surface area contributed by atoms with Gasteiger partial charge < -0.3 is 4.90 Å². The first-order chi connectivity index (χ1) is 14.6. The SMILES string of the molecule is Cc1cc(N(CCC#N)Cc2ccccc2)ccc1N=Nc1ccc([N+](=O)[O-])cc1. The maximum absolute atomic E-state index is 10.7. The normalized spacial score (nSPS) is 10.7. The molecule has 7 nitrogen and oxygen atoms in total. The van der Waals surface area contributed by atoms with Gasteiger partial charge in [0.1, 0.15) is 0 Å². The van der Waals surface area contributed by atoms with Crippen LogP contribution in [0.25, 0.3) is 0 Å². The van der Waals surface area contributed by atoms with Crippen LogP contribution in [0.2, 0.25) is 0 Å². The zero-order valence-electron chi connectivity index (χ0n) is 16.6. The largest absolute Gasteiger partial charge is 0.366 e. The van der Waals surface area contributed by atoms with E-state index in [2.05, 4.69) is 33.3 Å². The number of anilines is 1. The Morgan fingerprint density at radius 1 is 1.03 bits per heavy atom. The standard InChI is InChI=1S/C23H21N5O2/c1-18-16-22(27(15-5-14-24)17-19-6-3-2-4-7-19)12-13-23(18)26-25-20-8-10-21(11-9-20)28(29)30/h2-4,6-13,16H,5,15,17H2,1H3. The molecule has 30 heavy (non-hydrogen) atoms. The van der Waals surface area contributed by atoms with E-state index in [0.29, 0.717) is 25.2 Å². The molecule has 3 aromatic rings. The van der Waals surface area contributed by atoms with Crippen LogP contribution >= 0.6 is 0 Å². The van der Waals surface area contributed by atoms with E-state index in [1.54, 1.807) is 12.1 Å². The lowest BCUT2D eigenvalue weighted by Gasteiger charge is -2.24. The van der Waals surface area contributed by atoms with Gasteiger partial charge in [0, 0.05) is 30.9 Å². The molecule has 0 radical (unpaired) electrons. The molecule has 150 valence electrons. The van der Waals surface area contributed by atoms with Crippen LogP contribution in [0.5, 0.6) is 0 Å². The fraction of sp³-hybridized carbons (Fsp3) is 0.174. The predicted octanol–water partition coefficient (Wildman–Crippen LogP) is 6.24. The van der Waals surface area contributed by atoms with Gasteiger partial charge in [-0.05, 0) is 48.4 Å². The summed E-state index contributed by atoms with van der Waals surface area (Å²) < 4.78 is 0. The number of benzene rings is 3. The monoisotopic (exact) mass is 399 g/mol. The summed E-state index contributed by atoms with van der Waals surface area (Å²) in [6.07, 6.45) is 0.438. The van der Waals surface area contributed by atoms with Gasteiger partial charge in [-0.25, -0.2) is 0 Å². The van der Waals surface area contributed by atoms with Crippen LogP contribution < -0.4 is 4.90 Å². The summed E-state index contributed by atoms with van der Waals surface area (Å²) >= 11 is 0. The number of non-ortho nitro benzene ring substituents is 1. The number of nitro benzene ring substituents is 1. The number of hydrogen-bond donors (Lipinski definition) is 0. The molecular formula is C23H21N5O2. The Labute approximate surface area is 175 Å². The average Bonchev–Trinajstić information content (AvgIpc) is 2.76. The number of aryl methyl sites for hydroxylation is 1. The second kappa shape index (κ2) is 9.94. The molecule has 0 aliphatic heterocycles. The van der Waals surface area contributed by atoms with Gasteiger partial charge in [0.05, 0.1) is 28.8 Å². The molecule has 0 atom stereocenters. The van der Waals surface area contributed by atoms with E-state index in [1.807, 2.05) is 43.3 Å². The molecule has 0 saturated carbocycles. The van der Waals surface area contributed by atoms with Gasteiger partial charge in [0.15, 0.2) is 0 Å². The fourth-order valence-corrected chi connectivity index (χ4v) is 2.99. The second-order valence-corrected chi connectivity index (χ2v) is 6.76. The van der Waals surface area contributed by atoms with E-state index < -0.39 is 4.92 Å². The third-order valence-electron chi connectivity index (χ3n) is 4.59. The number of hydrogen-bond acceptors (Lipinski definition) is 6. The first-order valence-corrected chi connectivity index (χ1v) is 9.49. The van der Waals surface area contributed by atoms with Crippen LogP contribution in [0, 0.1) is 28.4 Å². The Kier molecular flexibility index (Phi) is 6.85. The number of nitrogens with zero attached hydrogens (tertiary/aromatic N) is 5. The Morgan fingerprint density at radius 3 is 2.40 bits per heavy atom. The van der Waals surface area contributed by atoms with Gasteiger partial charge in [-0.2, -0.15) is 15.5 Å². The quantitative estimate of drug-likeness (QED) is 0.254. The lowest BCUT2D eigenvalue weighted by molar-refractivity contribution is -0.384. The van der Waals surface area contributed by atoms with Crippen LogP contribution in [0.1, 0.15) is 17.5 Å². The molecule has 0 aliphatic carbocycles. The second-order valence-electron chi connectivity index (χ2n) is 6.76. The Morgan fingerprint density at radius 2 is 1.77 bits per heavy atom. The minimum atomic E-state index is -0.447. The van der Waals surface area contributed by atoms with Gasteiger partial charge in [-0.3, -0.25) is 10.1 Å². The highest BCUT2D eigenvalue weighted by Crippen LogP contribution is 2.28. The van der Waals surface area contributed by atoms with Gasteiger partial charge in [-0.1, -0.05) is 30.3 Å². The molecule has 7 heteroatoms. The molecule has 0 spiro atoms. The van der Waals surface area contributed by atoms with Crippen molar-refractivity contribution < 1.29 is 4.92 Å². The van der Waals surface area contributed by atoms with Crippen LogP contribution in [-0.2, 0) is 6.54 Å². The number of rotatable bonds is 8. The summed E-state index contributed by atoms with van der Waals surface area (Å²) in [5.41, 5.74) is 4.43. The molecule has 0 N–H and O–H groups in total. The Bertz CT molecular complexity index is 1070. The maximum atomic E-state index is 10.7. The predicted molar refractivity (Wildman–Crippen MR) is 116 cm³/mol. The van der Waals surface area contributed by atoms with E-state index >= 15 is 0 Å². The highest BCUT2D eigenvalue weighted by Gasteiger charge is 2.09. The minimum absolute atomic E-state index is 0.0189. The van der Waals surface area contributed by atoms with E-state index in [1.165, 1.54) is 17.7 Å². The molecular weight excluding hydrogens is 378 g/mol. The van der Waals surface area contributed by atoms with Gasteiger partial charge in [0.25, 0.3) is 5.69 Å². The van der Waals surface area contributed by atoms with Crippen LogP contribution in [-0.4, -0.2) is 11.5 Å². The van der Waals surface area contributed by atoms with E-state index in [9.17, 15) is 10.1 Å². The number of nitro groups is 1. The van der Waals surface area contributed by atoms with Crippen molar-refractivity contribution in [1.29, 1.82) is 5.26 Å². The Hall–Kier alpha value is -4.05. The summed E-state index contributed by atoms with van der Waals surface area (Å²) in [6, 6.07) is 24.2. The molecule has 0 saturated heterocycles. The highest BCUT2D eigenvalue weighted by molar-refractivity contribution is 5.58. The summed E-state index contributed by atoms with van der Waals surface area (Å²) in [5, 5.41) is 28.2. The summed E-state index contributed by atoms with van der Waals surface area (Å²) in [7, 11) is 0. The summed E-state index contributed by atoms with van der Waals surface area (Å²) in [6.45, 7) is 3.30. The van der Waals surface area contributed by atoms with Crippen molar-refractivity contribution in [2.75, 3.05) is 11.4 Å². The zero-order valence-corrected chi connectivity index (χ0v) is 16.6. The third kappa shape index (κ3) is 5.49. The molecule has 3 rings (SSSR count). The molecule has 0 amide bonds. The molecule has 0 unspecified atom stereocenters. The number of azo groups is 1. The Balaban J connectivity index is 1.77. The summed E-state index contributed by atoms with van der Waals surface area (Å²) in [4.78, 5) is 12.5. The van der Waals surface area contributed by atoms with Crippen LogP contribution in [0.3, 0.4) is 0 Å². The summed E-state index contributed by atoms with van der Waals surface area (Å²) in [5.74, 6) is 0.